The van der Waals surface area contributed by atoms with Crippen LogP contribution in [0, 0.1) is 11.3 Å². The van der Waals surface area contributed by atoms with Crippen molar-refractivity contribution >= 4 is 12.6 Å². The number of thiol groups is 1. The second-order valence-electron chi connectivity index (χ2n) is 1.37. The summed E-state index contributed by atoms with van der Waals surface area (Å²) in [6.07, 6.45) is 2.81. The van der Waals surface area contributed by atoms with Crippen LogP contribution in [0.2, 0.25) is 0 Å². The summed E-state index contributed by atoms with van der Waals surface area (Å²) >= 11 is 3.89. The Morgan fingerprint density at radius 2 is 2.22 bits per heavy atom. The maximum Gasteiger partial charge on any atom is 0.158 e. The highest BCUT2D eigenvalue weighted by Crippen LogP contribution is 1.96. The van der Waals surface area contributed by atoms with Gasteiger partial charge in [-0.2, -0.15) is 5.26 Å². The van der Waals surface area contributed by atoms with E-state index in [-0.39, 0.29) is 0 Å². The zero-order valence-electron chi connectivity index (χ0n) is 4.44. The molecule has 0 N–H and O–H groups in total. The van der Waals surface area contributed by atoms with E-state index in [0.29, 0.717) is 10.7 Å². The van der Waals surface area contributed by atoms with Crippen molar-refractivity contribution in [2.24, 2.45) is 0 Å². The Labute approximate surface area is 57.8 Å². The van der Waals surface area contributed by atoms with E-state index in [4.69, 9.17) is 5.26 Å². The summed E-state index contributed by atoms with van der Waals surface area (Å²) in [7, 11) is 0. The first-order valence-corrected chi connectivity index (χ1v) is 2.69. The van der Waals surface area contributed by atoms with E-state index in [1.807, 2.05) is 6.07 Å². The average molecular weight is 137 g/mol. The average Bonchev–Trinajstić information content (AvgIpc) is 1.90. The van der Waals surface area contributed by atoms with Gasteiger partial charge in [-0.15, -0.1) is 12.6 Å². The molecule has 0 atom stereocenters. The predicted molar refractivity (Wildman–Crippen MR) is 34.0 cm³/mol. The highest BCUT2D eigenvalue weighted by molar-refractivity contribution is 7.80. The van der Waals surface area contributed by atoms with Crippen LogP contribution in [0.15, 0.2) is 17.4 Å². The molecule has 1 rings (SSSR count). The lowest BCUT2D eigenvalue weighted by atomic mass is 10.5. The largest absolute Gasteiger partial charge is 0.246 e. The molecule has 0 aliphatic carbocycles. The van der Waals surface area contributed by atoms with Crippen molar-refractivity contribution in [1.82, 2.24) is 9.97 Å². The molecular formula is C5H3N3S. The fourth-order valence-corrected chi connectivity index (χ4v) is 0.494. The van der Waals surface area contributed by atoms with E-state index >= 15 is 0 Å². The van der Waals surface area contributed by atoms with Gasteiger partial charge in [-0.1, -0.05) is 0 Å². The number of hydrogen-bond donors (Lipinski definition) is 1. The Kier molecular flexibility index (Phi) is 1.66. The summed E-state index contributed by atoms with van der Waals surface area (Å²) in [5.74, 6) is 0. The number of aromatic nitrogens is 2. The van der Waals surface area contributed by atoms with Crippen LogP contribution in [0.1, 0.15) is 5.69 Å². The second kappa shape index (κ2) is 2.46. The van der Waals surface area contributed by atoms with Crippen LogP contribution < -0.4 is 0 Å². The lowest BCUT2D eigenvalue weighted by Gasteiger charge is -1.85. The molecule has 0 saturated heterocycles. The van der Waals surface area contributed by atoms with Crippen molar-refractivity contribution < 1.29 is 0 Å². The van der Waals surface area contributed by atoms with Gasteiger partial charge < -0.3 is 0 Å². The summed E-state index contributed by atoms with van der Waals surface area (Å²) in [5, 5.41) is 8.77. The molecule has 0 aromatic carbocycles. The molecule has 0 radical (unpaired) electrons. The van der Waals surface area contributed by atoms with Gasteiger partial charge in [0.05, 0.1) is 12.4 Å². The van der Waals surface area contributed by atoms with E-state index in [9.17, 15) is 0 Å². The maximum absolute atomic E-state index is 8.25. The molecular weight excluding hydrogens is 134 g/mol. The van der Waals surface area contributed by atoms with Crippen molar-refractivity contribution in [2.75, 3.05) is 0 Å². The van der Waals surface area contributed by atoms with Crippen LogP contribution in [0.5, 0.6) is 0 Å². The zero-order valence-corrected chi connectivity index (χ0v) is 5.34. The van der Waals surface area contributed by atoms with Crippen molar-refractivity contribution in [2.45, 2.75) is 5.03 Å². The standard InChI is InChI=1S/C5H3N3S/c6-1-4-2-8-5(9)3-7-4/h2-3H,(H,8,9). The first kappa shape index (κ1) is 6.05. The van der Waals surface area contributed by atoms with Gasteiger partial charge in [0, 0.05) is 0 Å². The van der Waals surface area contributed by atoms with Crippen LogP contribution in [0.3, 0.4) is 0 Å². The first-order valence-electron chi connectivity index (χ1n) is 2.24. The van der Waals surface area contributed by atoms with E-state index in [2.05, 4.69) is 22.6 Å². The minimum atomic E-state index is 0.313. The topological polar surface area (TPSA) is 49.6 Å². The van der Waals surface area contributed by atoms with Gasteiger partial charge in [0.2, 0.25) is 0 Å². The Hall–Kier alpha value is -1.08. The lowest BCUT2D eigenvalue weighted by Crippen LogP contribution is -1.83. The van der Waals surface area contributed by atoms with Crippen LogP contribution >= 0.6 is 12.6 Å². The highest BCUT2D eigenvalue weighted by atomic mass is 32.1. The smallest absolute Gasteiger partial charge is 0.158 e. The van der Waals surface area contributed by atoms with Gasteiger partial charge in [0.1, 0.15) is 11.1 Å². The SMILES string of the molecule is N#Cc1cnc(S)cn1. The first-order chi connectivity index (χ1) is 4.33. The van der Waals surface area contributed by atoms with E-state index < -0.39 is 0 Å². The minimum absolute atomic E-state index is 0.313. The molecule has 9 heavy (non-hydrogen) atoms. The molecule has 1 aromatic rings. The maximum atomic E-state index is 8.25. The van der Waals surface area contributed by atoms with Crippen LogP contribution in [-0.4, -0.2) is 9.97 Å². The molecule has 44 valence electrons. The Morgan fingerprint density at radius 1 is 1.44 bits per heavy atom. The van der Waals surface area contributed by atoms with Crippen molar-refractivity contribution in [3.8, 4) is 6.07 Å². The Bertz CT molecular complexity index is 235. The third-order valence-corrected chi connectivity index (χ3v) is 0.984. The highest BCUT2D eigenvalue weighted by Gasteiger charge is 1.88. The summed E-state index contributed by atoms with van der Waals surface area (Å²) in [6, 6.07) is 1.85. The number of nitrogens with zero attached hydrogens (tertiary/aromatic N) is 3. The number of hydrogen-bond acceptors (Lipinski definition) is 4. The minimum Gasteiger partial charge on any atom is -0.246 e. The molecule has 1 aromatic heterocycles. The normalized spacial score (nSPS) is 8.44. The van der Waals surface area contributed by atoms with Crippen molar-refractivity contribution in [1.29, 1.82) is 5.26 Å². The molecule has 0 spiro atoms. The van der Waals surface area contributed by atoms with Gasteiger partial charge in [-0.3, -0.25) is 0 Å². The van der Waals surface area contributed by atoms with Crippen molar-refractivity contribution in [3.05, 3.63) is 18.1 Å². The number of nitriles is 1. The van der Waals surface area contributed by atoms with Crippen LogP contribution in [0.25, 0.3) is 0 Å². The second-order valence-corrected chi connectivity index (χ2v) is 1.83. The zero-order chi connectivity index (χ0) is 6.69. The third kappa shape index (κ3) is 1.40. The summed E-state index contributed by atoms with van der Waals surface area (Å²) in [5.41, 5.74) is 0.313. The quantitative estimate of drug-likeness (QED) is 0.534. The molecule has 0 unspecified atom stereocenters. The summed E-state index contributed by atoms with van der Waals surface area (Å²) in [4.78, 5) is 7.43. The van der Waals surface area contributed by atoms with Crippen LogP contribution in [0.4, 0.5) is 0 Å². The summed E-state index contributed by atoms with van der Waals surface area (Å²) in [6.45, 7) is 0. The molecule has 3 nitrogen and oxygen atoms in total. The van der Waals surface area contributed by atoms with Gasteiger partial charge in [0.25, 0.3) is 0 Å². The molecule has 0 aliphatic heterocycles. The van der Waals surface area contributed by atoms with E-state index in [0.717, 1.165) is 0 Å². The van der Waals surface area contributed by atoms with Gasteiger partial charge in [0.15, 0.2) is 5.69 Å². The van der Waals surface area contributed by atoms with Crippen LogP contribution in [-0.2, 0) is 0 Å². The molecule has 0 bridgehead atoms. The van der Waals surface area contributed by atoms with Gasteiger partial charge in [-0.25, -0.2) is 9.97 Å². The molecule has 0 aliphatic rings. The van der Waals surface area contributed by atoms with E-state index in [1.54, 1.807) is 0 Å². The Morgan fingerprint density at radius 3 is 2.67 bits per heavy atom. The van der Waals surface area contributed by atoms with Crippen molar-refractivity contribution in [3.63, 3.8) is 0 Å². The fraction of sp³-hybridized carbons (Fsp3) is 0. The van der Waals surface area contributed by atoms with Gasteiger partial charge in [-0.05, 0) is 0 Å². The number of rotatable bonds is 0. The predicted octanol–water partition coefficient (Wildman–Crippen LogP) is 0.637. The molecule has 0 saturated carbocycles. The molecule has 1 heterocycles. The lowest BCUT2D eigenvalue weighted by molar-refractivity contribution is 1.04. The monoisotopic (exact) mass is 137 g/mol. The van der Waals surface area contributed by atoms with E-state index in [1.165, 1.54) is 12.4 Å². The molecule has 0 amide bonds. The Balaban J connectivity index is 3.06. The third-order valence-electron chi connectivity index (χ3n) is 0.753. The summed E-state index contributed by atoms with van der Waals surface area (Å²) < 4.78 is 0. The molecule has 4 heteroatoms. The molecule has 0 fully saturated rings. The fourth-order valence-electron chi connectivity index (χ4n) is 0.379. The van der Waals surface area contributed by atoms with Gasteiger partial charge >= 0.3 is 0 Å².